The van der Waals surface area contributed by atoms with Gasteiger partial charge >= 0.3 is 6.36 Å². The zero-order valence-electron chi connectivity index (χ0n) is 8.26. The third-order valence-corrected chi connectivity index (χ3v) is 1.60. The van der Waals surface area contributed by atoms with Crippen molar-refractivity contribution in [2.45, 2.75) is 12.8 Å². The number of hydrogen-bond acceptors (Lipinski definition) is 4. The van der Waals surface area contributed by atoms with Crippen LogP contribution in [0.2, 0.25) is 0 Å². The molecule has 96 valence electrons. The quantitative estimate of drug-likeness (QED) is 0.848. The zero-order valence-corrected chi connectivity index (χ0v) is 8.26. The first-order valence-electron chi connectivity index (χ1n) is 4.06. The molecule has 1 rings (SSSR count). The number of pyridine rings is 1. The summed E-state index contributed by atoms with van der Waals surface area (Å²) in [5.41, 5.74) is -1.18. The lowest BCUT2D eigenvalue weighted by molar-refractivity contribution is -0.276. The number of halogens is 5. The fourth-order valence-electron chi connectivity index (χ4n) is 0.983. The molecule has 0 aliphatic heterocycles. The maximum Gasteiger partial charge on any atom is 0.574 e. The van der Waals surface area contributed by atoms with Crippen LogP contribution in [0.4, 0.5) is 22.0 Å². The van der Waals surface area contributed by atoms with Crippen LogP contribution >= 0.6 is 0 Å². The van der Waals surface area contributed by atoms with E-state index >= 15 is 0 Å². The molecule has 0 unspecified atom stereocenters. The summed E-state index contributed by atoms with van der Waals surface area (Å²) in [5.74, 6) is -2.81. The standard InChI is InChI=1S/C8H6F5NO3/c1-16-7-4(15)2-3(5(9)10)6(14-7)17-8(11,12)13/h2,5,15H,1H3. The Morgan fingerprint density at radius 1 is 1.29 bits per heavy atom. The summed E-state index contributed by atoms with van der Waals surface area (Å²) < 4.78 is 68.2. The van der Waals surface area contributed by atoms with Gasteiger partial charge in [0.05, 0.1) is 12.7 Å². The number of aromatic hydroxyl groups is 1. The number of methoxy groups -OCH3 is 1. The number of rotatable bonds is 3. The van der Waals surface area contributed by atoms with Crippen molar-refractivity contribution in [3.05, 3.63) is 11.6 Å². The number of hydrogen-bond donors (Lipinski definition) is 1. The molecule has 0 saturated heterocycles. The van der Waals surface area contributed by atoms with Gasteiger partial charge < -0.3 is 14.6 Å². The van der Waals surface area contributed by atoms with Crippen molar-refractivity contribution in [2.75, 3.05) is 7.11 Å². The second kappa shape index (κ2) is 4.60. The molecule has 0 atom stereocenters. The highest BCUT2D eigenvalue weighted by Gasteiger charge is 2.35. The molecule has 1 aromatic rings. The second-order valence-electron chi connectivity index (χ2n) is 2.76. The van der Waals surface area contributed by atoms with Crippen LogP contribution < -0.4 is 9.47 Å². The predicted molar refractivity (Wildman–Crippen MR) is 44.1 cm³/mol. The fraction of sp³-hybridized carbons (Fsp3) is 0.375. The monoisotopic (exact) mass is 259 g/mol. The van der Waals surface area contributed by atoms with Crippen LogP contribution in [-0.2, 0) is 0 Å². The molecule has 0 bridgehead atoms. The smallest absolute Gasteiger partial charge is 0.503 e. The molecule has 1 heterocycles. The number of aromatic nitrogens is 1. The molecule has 0 aliphatic carbocycles. The normalized spacial score (nSPS) is 11.7. The van der Waals surface area contributed by atoms with E-state index in [1.165, 1.54) is 0 Å². The number of ether oxygens (including phenoxy) is 2. The number of nitrogens with zero attached hydrogens (tertiary/aromatic N) is 1. The lowest BCUT2D eigenvalue weighted by Gasteiger charge is -2.13. The SMILES string of the molecule is COc1nc(OC(F)(F)F)c(C(F)F)cc1O. The Hall–Kier alpha value is -1.80. The third kappa shape index (κ3) is 3.33. The zero-order chi connectivity index (χ0) is 13.2. The minimum Gasteiger partial charge on any atom is -0.503 e. The van der Waals surface area contributed by atoms with Gasteiger partial charge in [0, 0.05) is 0 Å². The van der Waals surface area contributed by atoms with Crippen molar-refractivity contribution in [3.8, 4) is 17.5 Å². The van der Waals surface area contributed by atoms with Gasteiger partial charge in [0.1, 0.15) is 0 Å². The molecule has 1 aromatic heterocycles. The highest BCUT2D eigenvalue weighted by atomic mass is 19.4. The highest BCUT2D eigenvalue weighted by Crippen LogP contribution is 2.37. The number of alkyl halides is 5. The molecule has 0 aliphatic rings. The highest BCUT2D eigenvalue weighted by molar-refractivity contribution is 5.42. The van der Waals surface area contributed by atoms with Gasteiger partial charge in [-0.2, -0.15) is 4.98 Å². The van der Waals surface area contributed by atoms with E-state index in [2.05, 4.69) is 14.5 Å². The van der Waals surface area contributed by atoms with Gasteiger partial charge in [0.15, 0.2) is 5.75 Å². The van der Waals surface area contributed by atoms with Gasteiger partial charge in [0.2, 0.25) is 5.88 Å². The largest absolute Gasteiger partial charge is 0.574 e. The van der Waals surface area contributed by atoms with E-state index in [9.17, 15) is 22.0 Å². The Bertz CT molecular complexity index is 407. The topological polar surface area (TPSA) is 51.6 Å². The summed E-state index contributed by atoms with van der Waals surface area (Å²) >= 11 is 0. The molecule has 4 nitrogen and oxygen atoms in total. The molecule has 17 heavy (non-hydrogen) atoms. The molecular weight excluding hydrogens is 253 g/mol. The van der Waals surface area contributed by atoms with Crippen LogP contribution in [-0.4, -0.2) is 23.6 Å². The Labute approximate surface area is 91.6 Å². The molecule has 0 fully saturated rings. The molecule has 0 amide bonds. The van der Waals surface area contributed by atoms with Crippen molar-refractivity contribution in [3.63, 3.8) is 0 Å². The lowest BCUT2D eigenvalue weighted by Crippen LogP contribution is -2.19. The maximum atomic E-state index is 12.4. The summed E-state index contributed by atoms with van der Waals surface area (Å²) in [5, 5.41) is 9.11. The Balaban J connectivity index is 3.24. The average molecular weight is 259 g/mol. The van der Waals surface area contributed by atoms with Crippen LogP contribution in [0.25, 0.3) is 0 Å². The first-order chi connectivity index (χ1) is 7.74. The molecule has 0 radical (unpaired) electrons. The van der Waals surface area contributed by atoms with Crippen LogP contribution in [0.1, 0.15) is 12.0 Å². The Morgan fingerprint density at radius 2 is 1.88 bits per heavy atom. The summed E-state index contributed by atoms with van der Waals surface area (Å²) in [6.07, 6.45) is -8.45. The van der Waals surface area contributed by atoms with Gasteiger partial charge in [-0.15, -0.1) is 13.2 Å². The van der Waals surface area contributed by atoms with E-state index < -0.39 is 35.9 Å². The van der Waals surface area contributed by atoms with Crippen molar-refractivity contribution in [1.29, 1.82) is 0 Å². The van der Waals surface area contributed by atoms with Crippen molar-refractivity contribution in [2.24, 2.45) is 0 Å². The van der Waals surface area contributed by atoms with E-state index in [4.69, 9.17) is 5.11 Å². The van der Waals surface area contributed by atoms with E-state index in [0.29, 0.717) is 6.07 Å². The van der Waals surface area contributed by atoms with Crippen LogP contribution in [0.3, 0.4) is 0 Å². The minimum atomic E-state index is -5.17. The van der Waals surface area contributed by atoms with Crippen molar-refractivity contribution >= 4 is 0 Å². The minimum absolute atomic E-state index is 0.400. The molecule has 0 spiro atoms. The van der Waals surface area contributed by atoms with Crippen LogP contribution in [0.15, 0.2) is 6.07 Å². The first-order valence-corrected chi connectivity index (χ1v) is 4.06. The van der Waals surface area contributed by atoms with Gasteiger partial charge in [-0.05, 0) is 6.07 Å². The molecule has 0 aromatic carbocycles. The molecular formula is C8H6F5NO3. The second-order valence-corrected chi connectivity index (χ2v) is 2.76. The fourth-order valence-corrected chi connectivity index (χ4v) is 0.983. The van der Waals surface area contributed by atoms with E-state index in [1.807, 2.05) is 0 Å². The van der Waals surface area contributed by atoms with Gasteiger partial charge in [0.25, 0.3) is 12.3 Å². The Kier molecular flexibility index (Phi) is 3.59. The van der Waals surface area contributed by atoms with Crippen LogP contribution in [0, 0.1) is 0 Å². The molecule has 0 saturated carbocycles. The van der Waals surface area contributed by atoms with Crippen LogP contribution in [0.5, 0.6) is 17.5 Å². The summed E-state index contributed by atoms with van der Waals surface area (Å²) in [6, 6.07) is 0.400. The molecule has 9 heteroatoms. The molecule has 1 N–H and O–H groups in total. The maximum absolute atomic E-state index is 12.4. The first kappa shape index (κ1) is 13.3. The summed E-state index contributed by atoms with van der Waals surface area (Å²) in [7, 11) is 1.00. The average Bonchev–Trinajstić information content (AvgIpc) is 2.17. The van der Waals surface area contributed by atoms with Gasteiger partial charge in [-0.25, -0.2) is 8.78 Å². The summed E-state index contributed by atoms with van der Waals surface area (Å²) in [4.78, 5) is 3.00. The van der Waals surface area contributed by atoms with Gasteiger partial charge in [-0.3, -0.25) is 0 Å². The van der Waals surface area contributed by atoms with E-state index in [1.54, 1.807) is 0 Å². The predicted octanol–water partition coefficient (Wildman–Crippen LogP) is 2.63. The van der Waals surface area contributed by atoms with E-state index in [0.717, 1.165) is 7.11 Å². The Morgan fingerprint density at radius 3 is 2.29 bits per heavy atom. The van der Waals surface area contributed by atoms with Gasteiger partial charge in [-0.1, -0.05) is 0 Å². The van der Waals surface area contributed by atoms with Crippen molar-refractivity contribution < 1.29 is 36.5 Å². The third-order valence-electron chi connectivity index (χ3n) is 1.60. The summed E-state index contributed by atoms with van der Waals surface area (Å²) in [6.45, 7) is 0. The van der Waals surface area contributed by atoms with Crippen molar-refractivity contribution in [1.82, 2.24) is 4.98 Å². The van der Waals surface area contributed by atoms with E-state index in [-0.39, 0.29) is 0 Å². The lowest BCUT2D eigenvalue weighted by atomic mass is 10.2.